The number of benzene rings is 1. The summed E-state index contributed by atoms with van der Waals surface area (Å²) in [6, 6.07) is 10.5. The average Bonchev–Trinajstić information content (AvgIpc) is 2.65. The second-order valence-electron chi connectivity index (χ2n) is 6.38. The zero-order chi connectivity index (χ0) is 17.5. The summed E-state index contributed by atoms with van der Waals surface area (Å²) in [7, 11) is 0. The first-order valence-electron chi connectivity index (χ1n) is 8.84. The molecule has 1 amide bonds. The Balaban J connectivity index is 1.48. The van der Waals surface area contributed by atoms with E-state index in [1.807, 2.05) is 0 Å². The van der Waals surface area contributed by atoms with E-state index >= 15 is 0 Å². The lowest BCUT2D eigenvalue weighted by atomic mass is 9.95. The van der Waals surface area contributed by atoms with Crippen LogP contribution in [-0.2, 0) is 6.42 Å². The molecule has 1 fully saturated rings. The Hall–Kier alpha value is -2.50. The molecular formula is C19H23FN4O. The number of anilines is 1. The van der Waals surface area contributed by atoms with Gasteiger partial charge in [0.05, 0.1) is 0 Å². The molecule has 0 atom stereocenters. The van der Waals surface area contributed by atoms with E-state index in [1.54, 1.807) is 30.3 Å². The number of carbonyl (C=O) groups is 1. The van der Waals surface area contributed by atoms with E-state index in [2.05, 4.69) is 20.8 Å². The van der Waals surface area contributed by atoms with Crippen molar-refractivity contribution in [3.63, 3.8) is 0 Å². The molecule has 0 radical (unpaired) electrons. The van der Waals surface area contributed by atoms with Gasteiger partial charge in [0.15, 0.2) is 5.69 Å². The molecule has 0 saturated heterocycles. The normalized spacial score (nSPS) is 14.9. The Labute approximate surface area is 147 Å². The molecule has 0 spiro atoms. The summed E-state index contributed by atoms with van der Waals surface area (Å²) in [6.07, 6.45) is 6.53. The molecule has 3 rings (SSSR count). The van der Waals surface area contributed by atoms with E-state index in [4.69, 9.17) is 0 Å². The zero-order valence-corrected chi connectivity index (χ0v) is 14.2. The van der Waals surface area contributed by atoms with Gasteiger partial charge in [0, 0.05) is 12.6 Å². The van der Waals surface area contributed by atoms with Crippen molar-refractivity contribution in [1.82, 2.24) is 15.5 Å². The molecule has 0 bridgehead atoms. The number of hydrogen-bond donors (Lipinski definition) is 2. The van der Waals surface area contributed by atoms with Crippen molar-refractivity contribution in [2.45, 2.75) is 44.6 Å². The molecule has 0 unspecified atom stereocenters. The van der Waals surface area contributed by atoms with E-state index in [0.29, 0.717) is 30.4 Å². The number of amides is 1. The lowest BCUT2D eigenvalue weighted by Crippen LogP contribution is -2.27. The van der Waals surface area contributed by atoms with Crippen molar-refractivity contribution in [3.8, 4) is 0 Å². The lowest BCUT2D eigenvalue weighted by molar-refractivity contribution is 0.0948. The second-order valence-corrected chi connectivity index (χ2v) is 6.38. The topological polar surface area (TPSA) is 66.9 Å². The number of aromatic nitrogens is 2. The number of carbonyl (C=O) groups excluding carboxylic acids is 1. The standard InChI is InChI=1S/C19H23FN4O/c20-16-9-5-4-6-14(16)12-13-21-19(25)17-10-11-18(24-23-17)22-15-7-2-1-3-8-15/h4-6,9-11,15H,1-3,7-8,12-13H2,(H,21,25)(H,22,24). The van der Waals surface area contributed by atoms with Gasteiger partial charge >= 0.3 is 0 Å². The minimum Gasteiger partial charge on any atom is -0.366 e. The summed E-state index contributed by atoms with van der Waals surface area (Å²) in [5.41, 5.74) is 0.851. The van der Waals surface area contributed by atoms with E-state index in [1.165, 1.54) is 25.3 Å². The molecule has 6 heteroatoms. The lowest BCUT2D eigenvalue weighted by Gasteiger charge is -2.22. The van der Waals surface area contributed by atoms with Gasteiger partial charge in [0.1, 0.15) is 11.6 Å². The molecule has 2 N–H and O–H groups in total. The summed E-state index contributed by atoms with van der Waals surface area (Å²) in [5.74, 6) is 0.151. The van der Waals surface area contributed by atoms with Crippen LogP contribution in [0.2, 0.25) is 0 Å². The molecule has 1 aliphatic rings. The molecule has 1 aromatic carbocycles. The maximum atomic E-state index is 13.5. The average molecular weight is 342 g/mol. The van der Waals surface area contributed by atoms with Crippen LogP contribution >= 0.6 is 0 Å². The number of nitrogens with one attached hydrogen (secondary N) is 2. The second kappa shape index (κ2) is 8.55. The third-order valence-corrected chi connectivity index (χ3v) is 4.49. The van der Waals surface area contributed by atoms with Crippen LogP contribution in [0, 0.1) is 5.82 Å². The van der Waals surface area contributed by atoms with Crippen LogP contribution in [0.5, 0.6) is 0 Å². The van der Waals surface area contributed by atoms with Gasteiger partial charge < -0.3 is 10.6 Å². The maximum Gasteiger partial charge on any atom is 0.271 e. The molecule has 132 valence electrons. The van der Waals surface area contributed by atoms with Crippen LogP contribution in [0.25, 0.3) is 0 Å². The van der Waals surface area contributed by atoms with Gasteiger partial charge in [-0.2, -0.15) is 0 Å². The first kappa shape index (κ1) is 17.3. The fraction of sp³-hybridized carbons (Fsp3) is 0.421. The third kappa shape index (κ3) is 4.98. The third-order valence-electron chi connectivity index (χ3n) is 4.49. The molecule has 1 saturated carbocycles. The number of halogens is 1. The minimum absolute atomic E-state index is 0.255. The van der Waals surface area contributed by atoms with Crippen LogP contribution in [0.3, 0.4) is 0 Å². The number of nitrogens with zero attached hydrogens (tertiary/aromatic N) is 2. The molecule has 5 nitrogen and oxygen atoms in total. The summed E-state index contributed by atoms with van der Waals surface area (Å²) in [6.45, 7) is 0.351. The Morgan fingerprint density at radius 1 is 1.08 bits per heavy atom. The Kier molecular flexibility index (Phi) is 5.93. The molecule has 2 aromatic rings. The van der Waals surface area contributed by atoms with Crippen molar-refractivity contribution in [1.29, 1.82) is 0 Å². The van der Waals surface area contributed by atoms with Gasteiger partial charge in [-0.1, -0.05) is 37.5 Å². The Morgan fingerprint density at radius 3 is 2.60 bits per heavy atom. The Morgan fingerprint density at radius 2 is 1.88 bits per heavy atom. The van der Waals surface area contributed by atoms with E-state index in [0.717, 1.165) is 12.8 Å². The highest BCUT2D eigenvalue weighted by molar-refractivity contribution is 5.92. The monoisotopic (exact) mass is 342 g/mol. The van der Waals surface area contributed by atoms with Crippen LogP contribution in [0.4, 0.5) is 10.2 Å². The van der Waals surface area contributed by atoms with Crippen molar-refractivity contribution in [2.75, 3.05) is 11.9 Å². The number of hydrogen-bond acceptors (Lipinski definition) is 4. The SMILES string of the molecule is O=C(NCCc1ccccc1F)c1ccc(NC2CCCCC2)nn1. The molecule has 1 aromatic heterocycles. The van der Waals surface area contributed by atoms with Crippen molar-refractivity contribution >= 4 is 11.7 Å². The quantitative estimate of drug-likeness (QED) is 0.845. The molecule has 0 aliphatic heterocycles. The zero-order valence-electron chi connectivity index (χ0n) is 14.2. The van der Waals surface area contributed by atoms with Gasteiger partial charge in [-0.25, -0.2) is 4.39 Å². The molecule has 1 heterocycles. The van der Waals surface area contributed by atoms with Crippen LogP contribution in [-0.4, -0.2) is 28.7 Å². The fourth-order valence-electron chi connectivity index (χ4n) is 3.09. The first-order valence-corrected chi connectivity index (χ1v) is 8.84. The van der Waals surface area contributed by atoms with Crippen LogP contribution in [0.15, 0.2) is 36.4 Å². The number of rotatable bonds is 6. The van der Waals surface area contributed by atoms with E-state index in [-0.39, 0.29) is 17.4 Å². The summed E-state index contributed by atoms with van der Waals surface area (Å²) in [4.78, 5) is 12.1. The summed E-state index contributed by atoms with van der Waals surface area (Å²) >= 11 is 0. The fourth-order valence-corrected chi connectivity index (χ4v) is 3.09. The van der Waals surface area contributed by atoms with Gasteiger partial charge in [-0.05, 0) is 43.0 Å². The van der Waals surface area contributed by atoms with Gasteiger partial charge in [0.25, 0.3) is 5.91 Å². The minimum atomic E-state index is -0.298. The van der Waals surface area contributed by atoms with Crippen molar-refractivity contribution in [2.24, 2.45) is 0 Å². The summed E-state index contributed by atoms with van der Waals surface area (Å²) in [5, 5.41) is 14.2. The highest BCUT2D eigenvalue weighted by Gasteiger charge is 2.14. The van der Waals surface area contributed by atoms with Crippen LogP contribution < -0.4 is 10.6 Å². The highest BCUT2D eigenvalue weighted by Crippen LogP contribution is 2.20. The molecular weight excluding hydrogens is 319 g/mol. The predicted octanol–water partition coefficient (Wildman–Crippen LogP) is 3.33. The Bertz CT molecular complexity index is 699. The maximum absolute atomic E-state index is 13.5. The predicted molar refractivity (Wildman–Crippen MR) is 95.0 cm³/mol. The van der Waals surface area contributed by atoms with E-state index in [9.17, 15) is 9.18 Å². The first-order chi connectivity index (χ1) is 12.2. The van der Waals surface area contributed by atoms with Crippen molar-refractivity contribution < 1.29 is 9.18 Å². The molecule has 1 aliphatic carbocycles. The van der Waals surface area contributed by atoms with Gasteiger partial charge in [0.2, 0.25) is 0 Å². The van der Waals surface area contributed by atoms with E-state index < -0.39 is 0 Å². The van der Waals surface area contributed by atoms with Gasteiger partial charge in [-0.3, -0.25) is 4.79 Å². The van der Waals surface area contributed by atoms with Crippen LogP contribution in [0.1, 0.15) is 48.2 Å². The smallest absolute Gasteiger partial charge is 0.271 e. The van der Waals surface area contributed by atoms with Crippen molar-refractivity contribution in [3.05, 3.63) is 53.5 Å². The summed E-state index contributed by atoms with van der Waals surface area (Å²) < 4.78 is 13.5. The molecule has 25 heavy (non-hydrogen) atoms. The largest absolute Gasteiger partial charge is 0.366 e. The highest BCUT2D eigenvalue weighted by atomic mass is 19.1. The van der Waals surface area contributed by atoms with Gasteiger partial charge in [-0.15, -0.1) is 10.2 Å².